The van der Waals surface area contributed by atoms with Gasteiger partial charge in [-0.15, -0.1) is 0 Å². The summed E-state index contributed by atoms with van der Waals surface area (Å²) < 4.78 is 2.58. The second kappa shape index (κ2) is 5.57. The fourth-order valence-electron chi connectivity index (χ4n) is 2.04. The molecule has 3 aromatic rings. The fraction of sp³-hybridized carbons (Fsp3) is 0.0667. The topological polar surface area (TPSA) is 62.4 Å². The lowest BCUT2D eigenvalue weighted by molar-refractivity contribution is 0.474. The van der Waals surface area contributed by atoms with Gasteiger partial charge in [0, 0.05) is 17.1 Å². The molecule has 0 atom stereocenters. The molecule has 21 heavy (non-hydrogen) atoms. The summed E-state index contributed by atoms with van der Waals surface area (Å²) in [6, 6.07) is 12.9. The number of imidazole rings is 1. The first-order valence-electron chi connectivity index (χ1n) is 6.37. The van der Waals surface area contributed by atoms with Crippen LogP contribution in [0.3, 0.4) is 0 Å². The van der Waals surface area contributed by atoms with E-state index in [4.69, 9.17) is 0 Å². The molecule has 0 saturated carbocycles. The second-order valence-corrected chi connectivity index (χ2v) is 5.35. The number of nitrogens with one attached hydrogen (secondary N) is 1. The van der Waals surface area contributed by atoms with Gasteiger partial charge in [-0.25, -0.2) is 4.98 Å². The van der Waals surface area contributed by atoms with Gasteiger partial charge in [0.25, 0.3) is 0 Å². The van der Waals surface area contributed by atoms with E-state index in [0.29, 0.717) is 11.5 Å². The summed E-state index contributed by atoms with van der Waals surface area (Å²) >= 11 is 3.38. The van der Waals surface area contributed by atoms with Crippen molar-refractivity contribution in [3.63, 3.8) is 0 Å². The van der Waals surface area contributed by atoms with Crippen molar-refractivity contribution < 1.29 is 5.11 Å². The molecule has 0 aliphatic carbocycles. The molecular formula is C15H13BrN4O. The van der Waals surface area contributed by atoms with Crippen molar-refractivity contribution in [3.8, 4) is 5.75 Å². The number of fused-ring (bicyclic) bond motifs is 1. The Labute approximate surface area is 130 Å². The minimum Gasteiger partial charge on any atom is -0.507 e. The van der Waals surface area contributed by atoms with Crippen LogP contribution in [-0.2, 0) is 0 Å². The number of rotatable bonds is 3. The van der Waals surface area contributed by atoms with Crippen LogP contribution in [0.25, 0.3) is 11.0 Å². The number of para-hydroxylation sites is 2. The zero-order valence-electron chi connectivity index (χ0n) is 11.3. The van der Waals surface area contributed by atoms with Crippen LogP contribution in [0.15, 0.2) is 52.0 Å². The van der Waals surface area contributed by atoms with Gasteiger partial charge in [0.2, 0.25) is 5.95 Å². The van der Waals surface area contributed by atoms with E-state index in [-0.39, 0.29) is 5.75 Å². The molecule has 6 heteroatoms. The number of aromatic nitrogens is 2. The third-order valence-corrected chi connectivity index (χ3v) is 3.56. The van der Waals surface area contributed by atoms with Crippen LogP contribution in [-0.4, -0.2) is 28.0 Å². The van der Waals surface area contributed by atoms with Gasteiger partial charge in [-0.05, 0) is 30.3 Å². The molecule has 0 spiro atoms. The molecule has 2 aromatic carbocycles. The molecule has 5 nitrogen and oxygen atoms in total. The quantitative estimate of drug-likeness (QED) is 0.715. The van der Waals surface area contributed by atoms with Crippen molar-refractivity contribution >= 4 is 39.1 Å². The van der Waals surface area contributed by atoms with Crippen molar-refractivity contribution in [2.45, 2.75) is 0 Å². The van der Waals surface area contributed by atoms with Crippen LogP contribution >= 0.6 is 15.9 Å². The number of hydrogen-bond acceptors (Lipinski definition) is 4. The lowest BCUT2D eigenvalue weighted by Crippen LogP contribution is -1.99. The highest BCUT2D eigenvalue weighted by molar-refractivity contribution is 9.10. The van der Waals surface area contributed by atoms with Gasteiger partial charge in [0.15, 0.2) is 0 Å². The summed E-state index contributed by atoms with van der Waals surface area (Å²) in [5.74, 6) is 0.819. The number of phenolic OH excluding ortho intramolecular Hbond substituents is 1. The monoisotopic (exact) mass is 344 g/mol. The van der Waals surface area contributed by atoms with Gasteiger partial charge < -0.3 is 10.4 Å². The zero-order valence-corrected chi connectivity index (χ0v) is 12.9. The predicted molar refractivity (Wildman–Crippen MR) is 88.1 cm³/mol. The number of nitrogens with zero attached hydrogens (tertiary/aromatic N) is 3. The Morgan fingerprint density at radius 3 is 2.90 bits per heavy atom. The van der Waals surface area contributed by atoms with Crippen molar-refractivity contribution in [3.05, 3.63) is 52.5 Å². The molecule has 0 amide bonds. The molecular weight excluding hydrogens is 332 g/mol. The van der Waals surface area contributed by atoms with Crippen molar-refractivity contribution in [1.82, 2.24) is 9.66 Å². The Kier molecular flexibility index (Phi) is 3.62. The number of hydrogen-bond donors (Lipinski definition) is 2. The average Bonchev–Trinajstić information content (AvgIpc) is 2.86. The Hall–Kier alpha value is -2.34. The molecule has 0 saturated heterocycles. The minimum absolute atomic E-state index is 0.178. The summed E-state index contributed by atoms with van der Waals surface area (Å²) in [6.45, 7) is 0. The van der Waals surface area contributed by atoms with E-state index in [0.717, 1.165) is 15.5 Å². The van der Waals surface area contributed by atoms with E-state index in [9.17, 15) is 5.11 Å². The first-order valence-corrected chi connectivity index (χ1v) is 7.16. The van der Waals surface area contributed by atoms with Gasteiger partial charge in [-0.1, -0.05) is 28.1 Å². The number of aromatic hydroxyl groups is 1. The Balaban J connectivity index is 2.08. The van der Waals surface area contributed by atoms with Crippen LogP contribution in [0.1, 0.15) is 5.56 Å². The van der Waals surface area contributed by atoms with E-state index in [1.165, 1.54) is 0 Å². The molecule has 0 unspecified atom stereocenters. The van der Waals surface area contributed by atoms with E-state index in [1.807, 2.05) is 24.3 Å². The number of anilines is 1. The van der Waals surface area contributed by atoms with Gasteiger partial charge >= 0.3 is 0 Å². The first kappa shape index (κ1) is 13.6. The van der Waals surface area contributed by atoms with E-state index < -0.39 is 0 Å². The van der Waals surface area contributed by atoms with Crippen LogP contribution < -0.4 is 5.32 Å². The van der Waals surface area contributed by atoms with Gasteiger partial charge in [0.1, 0.15) is 5.75 Å². The maximum Gasteiger partial charge on any atom is 0.224 e. The molecule has 0 radical (unpaired) electrons. The van der Waals surface area contributed by atoms with Crippen molar-refractivity contribution in [1.29, 1.82) is 0 Å². The molecule has 106 valence electrons. The predicted octanol–water partition coefficient (Wildman–Crippen LogP) is 3.43. The molecule has 0 aliphatic heterocycles. The molecule has 3 rings (SSSR count). The molecule has 1 heterocycles. The maximum atomic E-state index is 9.85. The van der Waals surface area contributed by atoms with Crippen LogP contribution in [0.5, 0.6) is 5.75 Å². The third kappa shape index (κ3) is 2.62. The van der Waals surface area contributed by atoms with E-state index >= 15 is 0 Å². The largest absolute Gasteiger partial charge is 0.507 e. The number of phenols is 1. The van der Waals surface area contributed by atoms with E-state index in [2.05, 4.69) is 31.3 Å². The highest BCUT2D eigenvalue weighted by Gasteiger charge is 2.07. The summed E-state index contributed by atoms with van der Waals surface area (Å²) in [7, 11) is 1.80. The Morgan fingerprint density at radius 2 is 2.10 bits per heavy atom. The van der Waals surface area contributed by atoms with E-state index in [1.54, 1.807) is 36.1 Å². The summed E-state index contributed by atoms with van der Waals surface area (Å²) in [5, 5.41) is 17.3. The highest BCUT2D eigenvalue weighted by atomic mass is 79.9. The van der Waals surface area contributed by atoms with Crippen molar-refractivity contribution in [2.75, 3.05) is 12.4 Å². The molecule has 0 aliphatic rings. The third-order valence-electron chi connectivity index (χ3n) is 3.06. The molecule has 0 fully saturated rings. The van der Waals surface area contributed by atoms with Gasteiger partial charge in [-0.2, -0.15) is 9.78 Å². The zero-order chi connectivity index (χ0) is 14.8. The van der Waals surface area contributed by atoms with Crippen LogP contribution in [0.2, 0.25) is 0 Å². The smallest absolute Gasteiger partial charge is 0.224 e. The molecule has 0 bridgehead atoms. The highest BCUT2D eigenvalue weighted by Crippen LogP contribution is 2.22. The Bertz CT molecular complexity index is 826. The summed E-state index contributed by atoms with van der Waals surface area (Å²) in [5.41, 5.74) is 2.38. The summed E-state index contributed by atoms with van der Waals surface area (Å²) in [4.78, 5) is 4.45. The average molecular weight is 345 g/mol. The molecule has 2 N–H and O–H groups in total. The van der Waals surface area contributed by atoms with Crippen LogP contribution in [0.4, 0.5) is 5.95 Å². The number of halogens is 1. The second-order valence-electron chi connectivity index (χ2n) is 4.43. The lowest BCUT2D eigenvalue weighted by Gasteiger charge is -2.02. The normalized spacial score (nSPS) is 11.3. The van der Waals surface area contributed by atoms with Gasteiger partial charge in [0.05, 0.1) is 17.2 Å². The fourth-order valence-corrected chi connectivity index (χ4v) is 2.42. The van der Waals surface area contributed by atoms with Crippen molar-refractivity contribution in [2.24, 2.45) is 5.10 Å². The van der Waals surface area contributed by atoms with Crippen LogP contribution in [0, 0.1) is 0 Å². The SMILES string of the molecule is CNc1nc2ccccc2n1/N=C\c1cc(Br)ccc1O. The number of benzene rings is 2. The van der Waals surface area contributed by atoms with Gasteiger partial charge in [-0.3, -0.25) is 0 Å². The Morgan fingerprint density at radius 1 is 1.29 bits per heavy atom. The lowest BCUT2D eigenvalue weighted by atomic mass is 10.2. The minimum atomic E-state index is 0.178. The molecule has 1 aromatic heterocycles. The summed E-state index contributed by atoms with van der Waals surface area (Å²) in [6.07, 6.45) is 1.61. The first-order chi connectivity index (χ1) is 10.2. The standard InChI is InChI=1S/C15H13BrN4O/c1-17-15-19-12-4-2-3-5-13(12)20(15)18-9-10-8-11(16)6-7-14(10)21/h2-9,21H,1H3,(H,17,19)/b18-9-. The maximum absolute atomic E-state index is 9.85.